The molecule has 4 rings (SSSR count). The smallest absolute Gasteiger partial charge is 0.223 e. The average Bonchev–Trinajstić information content (AvgIpc) is 3.31. The van der Waals surface area contributed by atoms with Gasteiger partial charge < -0.3 is 9.47 Å². The van der Waals surface area contributed by atoms with Crippen molar-refractivity contribution in [1.82, 2.24) is 9.47 Å². The number of aromatic nitrogens is 1. The van der Waals surface area contributed by atoms with E-state index in [4.69, 9.17) is 0 Å². The van der Waals surface area contributed by atoms with Crippen molar-refractivity contribution < 1.29 is 9.18 Å². The zero-order valence-corrected chi connectivity index (χ0v) is 14.5. The summed E-state index contributed by atoms with van der Waals surface area (Å²) in [5.41, 5.74) is 2.10. The van der Waals surface area contributed by atoms with Crippen LogP contribution in [0, 0.1) is 11.7 Å². The predicted octanol–water partition coefficient (Wildman–Crippen LogP) is 4.53. The van der Waals surface area contributed by atoms with Gasteiger partial charge in [-0.2, -0.15) is 0 Å². The quantitative estimate of drug-likeness (QED) is 0.803. The van der Waals surface area contributed by atoms with Crippen LogP contribution in [0.3, 0.4) is 0 Å². The molecule has 1 aromatic carbocycles. The summed E-state index contributed by atoms with van der Waals surface area (Å²) >= 11 is 0. The second kappa shape index (κ2) is 7.03. The van der Waals surface area contributed by atoms with Gasteiger partial charge in [-0.25, -0.2) is 4.39 Å². The Morgan fingerprint density at radius 1 is 1.08 bits per heavy atom. The SMILES string of the molecule is O=C(CCC1CCCC1)N1CCn2cccc2C1c1ccc(F)cc1. The highest BCUT2D eigenvalue weighted by atomic mass is 19.1. The lowest BCUT2D eigenvalue weighted by atomic mass is 9.97. The van der Waals surface area contributed by atoms with Crippen molar-refractivity contribution >= 4 is 5.91 Å². The summed E-state index contributed by atoms with van der Waals surface area (Å²) in [5, 5.41) is 0. The van der Waals surface area contributed by atoms with Crippen LogP contribution in [0.4, 0.5) is 4.39 Å². The minimum absolute atomic E-state index is 0.111. The van der Waals surface area contributed by atoms with E-state index in [0.29, 0.717) is 13.0 Å². The Labute approximate surface area is 148 Å². The largest absolute Gasteiger partial charge is 0.348 e. The van der Waals surface area contributed by atoms with Crippen LogP contribution in [-0.4, -0.2) is 21.9 Å². The Hall–Kier alpha value is -2.10. The number of nitrogens with zero attached hydrogens (tertiary/aromatic N) is 2. The molecular weight excluding hydrogens is 315 g/mol. The Balaban J connectivity index is 1.56. The van der Waals surface area contributed by atoms with Crippen molar-refractivity contribution in [3.8, 4) is 0 Å². The molecule has 3 nitrogen and oxygen atoms in total. The molecule has 1 aliphatic carbocycles. The number of hydrogen-bond donors (Lipinski definition) is 0. The van der Waals surface area contributed by atoms with E-state index in [1.54, 1.807) is 12.1 Å². The van der Waals surface area contributed by atoms with Gasteiger partial charge in [0, 0.05) is 31.4 Å². The molecule has 132 valence electrons. The summed E-state index contributed by atoms with van der Waals surface area (Å²) in [6.07, 6.45) is 8.87. The molecule has 1 aromatic heterocycles. The monoisotopic (exact) mass is 340 g/mol. The molecule has 0 saturated heterocycles. The fraction of sp³-hybridized carbons (Fsp3) is 0.476. The highest BCUT2D eigenvalue weighted by Gasteiger charge is 2.32. The zero-order valence-electron chi connectivity index (χ0n) is 14.5. The molecule has 0 bridgehead atoms. The number of carbonyl (C=O) groups is 1. The zero-order chi connectivity index (χ0) is 17.2. The number of rotatable bonds is 4. The highest BCUT2D eigenvalue weighted by Crippen LogP contribution is 2.34. The van der Waals surface area contributed by atoms with Gasteiger partial charge in [-0.3, -0.25) is 4.79 Å². The third-order valence-corrected chi connectivity index (χ3v) is 5.79. The van der Waals surface area contributed by atoms with E-state index in [0.717, 1.165) is 30.1 Å². The highest BCUT2D eigenvalue weighted by molar-refractivity contribution is 5.77. The van der Waals surface area contributed by atoms with Crippen LogP contribution in [0.5, 0.6) is 0 Å². The van der Waals surface area contributed by atoms with Gasteiger partial charge in [0.25, 0.3) is 0 Å². The molecular formula is C21H25FN2O. The molecule has 0 radical (unpaired) electrons. The van der Waals surface area contributed by atoms with Gasteiger partial charge in [0.15, 0.2) is 0 Å². The first kappa shape index (κ1) is 16.4. The van der Waals surface area contributed by atoms with Crippen LogP contribution < -0.4 is 0 Å². The normalized spacial score (nSPS) is 20.7. The standard InChI is InChI=1S/C21H25FN2O/c22-18-10-8-17(9-11-18)21-19-6-3-13-23(19)14-15-24(21)20(25)12-7-16-4-1-2-5-16/h3,6,8-11,13,16,21H,1-2,4-5,7,12,14-15H2. The summed E-state index contributed by atoms with van der Waals surface area (Å²) in [7, 11) is 0. The van der Waals surface area contributed by atoms with Gasteiger partial charge in [0.2, 0.25) is 5.91 Å². The maximum Gasteiger partial charge on any atom is 0.223 e. The van der Waals surface area contributed by atoms with Gasteiger partial charge >= 0.3 is 0 Å². The molecule has 1 saturated carbocycles. The maximum absolute atomic E-state index is 13.4. The molecule has 1 amide bonds. The lowest BCUT2D eigenvalue weighted by molar-refractivity contribution is -0.134. The molecule has 1 atom stereocenters. The predicted molar refractivity (Wildman–Crippen MR) is 95.6 cm³/mol. The Kier molecular flexibility index (Phi) is 4.60. The molecule has 2 aromatic rings. The number of fused-ring (bicyclic) bond motifs is 1. The number of hydrogen-bond acceptors (Lipinski definition) is 1. The minimum atomic E-state index is -0.242. The first-order valence-electron chi connectivity index (χ1n) is 9.42. The van der Waals surface area contributed by atoms with E-state index < -0.39 is 0 Å². The molecule has 1 aliphatic heterocycles. The molecule has 0 spiro atoms. The van der Waals surface area contributed by atoms with Gasteiger partial charge in [-0.15, -0.1) is 0 Å². The molecule has 4 heteroatoms. The average molecular weight is 340 g/mol. The van der Waals surface area contributed by atoms with E-state index in [2.05, 4.69) is 16.8 Å². The number of benzene rings is 1. The van der Waals surface area contributed by atoms with Crippen molar-refractivity contribution in [2.75, 3.05) is 6.54 Å². The topological polar surface area (TPSA) is 25.2 Å². The van der Waals surface area contributed by atoms with Crippen LogP contribution in [0.25, 0.3) is 0 Å². The van der Waals surface area contributed by atoms with Crippen LogP contribution in [-0.2, 0) is 11.3 Å². The fourth-order valence-corrected chi connectivity index (χ4v) is 4.42. The molecule has 1 fully saturated rings. The minimum Gasteiger partial charge on any atom is -0.348 e. The summed E-state index contributed by atoms with van der Waals surface area (Å²) in [6.45, 7) is 1.54. The van der Waals surface area contributed by atoms with E-state index in [1.807, 2.05) is 11.0 Å². The van der Waals surface area contributed by atoms with Crippen LogP contribution in [0.1, 0.15) is 55.8 Å². The van der Waals surface area contributed by atoms with Crippen LogP contribution >= 0.6 is 0 Å². The summed E-state index contributed by atoms with van der Waals surface area (Å²) in [5.74, 6) is 0.713. The van der Waals surface area contributed by atoms with Crippen molar-refractivity contribution in [2.24, 2.45) is 5.92 Å². The maximum atomic E-state index is 13.4. The molecule has 0 N–H and O–H groups in total. The van der Waals surface area contributed by atoms with Gasteiger partial charge in [-0.1, -0.05) is 37.8 Å². The van der Waals surface area contributed by atoms with Crippen molar-refractivity contribution in [1.29, 1.82) is 0 Å². The lowest BCUT2D eigenvalue weighted by Crippen LogP contribution is -2.42. The third kappa shape index (κ3) is 3.35. The van der Waals surface area contributed by atoms with Crippen LogP contribution in [0.15, 0.2) is 42.6 Å². The second-order valence-electron chi connectivity index (χ2n) is 7.36. The van der Waals surface area contributed by atoms with E-state index in [-0.39, 0.29) is 17.8 Å². The van der Waals surface area contributed by atoms with E-state index in [1.165, 1.54) is 37.8 Å². The summed E-state index contributed by atoms with van der Waals surface area (Å²) < 4.78 is 15.6. The van der Waals surface area contributed by atoms with Gasteiger partial charge in [0.05, 0.1) is 6.04 Å². The van der Waals surface area contributed by atoms with Gasteiger partial charge in [0.1, 0.15) is 5.82 Å². The molecule has 25 heavy (non-hydrogen) atoms. The summed E-state index contributed by atoms with van der Waals surface area (Å²) in [6, 6.07) is 10.6. The van der Waals surface area contributed by atoms with Crippen molar-refractivity contribution in [2.45, 2.75) is 51.1 Å². The van der Waals surface area contributed by atoms with Crippen molar-refractivity contribution in [3.05, 3.63) is 59.7 Å². The first-order chi connectivity index (χ1) is 12.2. The second-order valence-corrected chi connectivity index (χ2v) is 7.36. The Bertz CT molecular complexity index is 731. The Morgan fingerprint density at radius 3 is 2.60 bits per heavy atom. The molecule has 2 heterocycles. The van der Waals surface area contributed by atoms with E-state index >= 15 is 0 Å². The van der Waals surface area contributed by atoms with Gasteiger partial charge in [-0.05, 0) is 42.2 Å². The Morgan fingerprint density at radius 2 is 1.84 bits per heavy atom. The molecule has 1 unspecified atom stereocenters. The van der Waals surface area contributed by atoms with Crippen molar-refractivity contribution in [3.63, 3.8) is 0 Å². The molecule has 2 aliphatic rings. The number of halogens is 1. The summed E-state index contributed by atoms with van der Waals surface area (Å²) in [4.78, 5) is 15.0. The first-order valence-corrected chi connectivity index (χ1v) is 9.42. The van der Waals surface area contributed by atoms with E-state index in [9.17, 15) is 9.18 Å². The number of amides is 1. The number of carbonyl (C=O) groups excluding carboxylic acids is 1. The fourth-order valence-electron chi connectivity index (χ4n) is 4.42. The lowest BCUT2D eigenvalue weighted by Gasteiger charge is -2.37. The van der Waals surface area contributed by atoms with Crippen LogP contribution in [0.2, 0.25) is 0 Å². The third-order valence-electron chi connectivity index (χ3n) is 5.79.